The number of carbonyl (C=O) groups is 1. The van der Waals surface area contributed by atoms with Crippen molar-refractivity contribution in [1.82, 2.24) is 4.98 Å². The Bertz CT molecular complexity index is 453. The van der Waals surface area contributed by atoms with E-state index in [9.17, 15) is 4.79 Å². The van der Waals surface area contributed by atoms with Crippen molar-refractivity contribution in [2.75, 3.05) is 0 Å². The van der Waals surface area contributed by atoms with Crippen LogP contribution < -0.4 is 5.73 Å². The number of carbonyl (C=O) groups excluding carboxylic acids is 1. The molecule has 3 nitrogen and oxygen atoms in total. The maximum atomic E-state index is 12.2. The van der Waals surface area contributed by atoms with Crippen molar-refractivity contribution in [3.05, 3.63) is 16.1 Å². The Labute approximate surface area is 113 Å². The fraction of sp³-hybridized carbons (Fsp3) is 0.714. The number of ketones is 1. The van der Waals surface area contributed by atoms with Gasteiger partial charge in [0.05, 0.1) is 17.7 Å². The minimum Gasteiger partial charge on any atom is -0.319 e. The zero-order valence-corrected chi connectivity index (χ0v) is 12.4. The van der Waals surface area contributed by atoms with Gasteiger partial charge in [0.15, 0.2) is 5.78 Å². The van der Waals surface area contributed by atoms with Crippen LogP contribution in [0.4, 0.5) is 0 Å². The lowest BCUT2D eigenvalue weighted by molar-refractivity contribution is -0.123. The van der Waals surface area contributed by atoms with Gasteiger partial charge in [-0.25, -0.2) is 4.98 Å². The average molecular weight is 266 g/mol. The smallest absolute Gasteiger partial charge is 0.159 e. The second-order valence-corrected chi connectivity index (χ2v) is 7.48. The third-order valence-electron chi connectivity index (χ3n) is 3.66. The SMILES string of the molecule is CC(C)(C)c1csc(CC(=O)C(C)(N)C2CC2)n1. The second-order valence-electron chi connectivity index (χ2n) is 6.53. The Hall–Kier alpha value is -0.740. The predicted molar refractivity (Wildman–Crippen MR) is 74.8 cm³/mol. The van der Waals surface area contributed by atoms with E-state index in [1.165, 1.54) is 0 Å². The molecule has 1 aliphatic carbocycles. The molecule has 0 bridgehead atoms. The van der Waals surface area contributed by atoms with Gasteiger partial charge in [-0.2, -0.15) is 0 Å². The number of hydrogen-bond acceptors (Lipinski definition) is 4. The minimum absolute atomic E-state index is 0.0420. The standard InChI is InChI=1S/C14H22N2OS/c1-13(2,3)10-8-18-12(16-10)7-11(17)14(4,15)9-5-6-9/h8-9H,5-7,15H2,1-4H3. The molecule has 0 aliphatic heterocycles. The van der Waals surface area contributed by atoms with Gasteiger partial charge in [-0.05, 0) is 25.7 Å². The number of hydrogen-bond donors (Lipinski definition) is 1. The Kier molecular flexibility index (Phi) is 3.36. The summed E-state index contributed by atoms with van der Waals surface area (Å²) in [6.45, 7) is 8.26. The van der Waals surface area contributed by atoms with E-state index in [1.54, 1.807) is 11.3 Å². The lowest BCUT2D eigenvalue weighted by Gasteiger charge is -2.22. The summed E-state index contributed by atoms with van der Waals surface area (Å²) in [5, 5.41) is 2.94. The lowest BCUT2D eigenvalue weighted by atomic mass is 9.90. The van der Waals surface area contributed by atoms with Crippen LogP contribution in [-0.2, 0) is 16.6 Å². The fourth-order valence-electron chi connectivity index (χ4n) is 1.98. The number of Topliss-reactive ketones (excluding diaryl/α,β-unsaturated/α-hetero) is 1. The molecule has 0 radical (unpaired) electrons. The molecule has 1 heterocycles. The van der Waals surface area contributed by atoms with Crippen LogP contribution in [0.3, 0.4) is 0 Å². The molecule has 18 heavy (non-hydrogen) atoms. The Morgan fingerprint density at radius 2 is 2.06 bits per heavy atom. The van der Waals surface area contributed by atoms with Crippen molar-refractivity contribution in [3.8, 4) is 0 Å². The quantitative estimate of drug-likeness (QED) is 0.911. The molecule has 0 aromatic carbocycles. The van der Waals surface area contributed by atoms with Crippen molar-refractivity contribution in [2.24, 2.45) is 11.7 Å². The number of rotatable bonds is 4. The molecule has 1 atom stereocenters. The van der Waals surface area contributed by atoms with Crippen molar-refractivity contribution in [1.29, 1.82) is 0 Å². The van der Waals surface area contributed by atoms with Gasteiger partial charge < -0.3 is 5.73 Å². The monoisotopic (exact) mass is 266 g/mol. The van der Waals surface area contributed by atoms with Gasteiger partial charge in [-0.1, -0.05) is 20.8 Å². The van der Waals surface area contributed by atoms with Gasteiger partial charge in [0, 0.05) is 10.8 Å². The molecule has 1 aliphatic rings. The molecule has 0 spiro atoms. The fourth-order valence-corrected chi connectivity index (χ4v) is 2.99. The van der Waals surface area contributed by atoms with Crippen LogP contribution in [0.25, 0.3) is 0 Å². The molecule has 100 valence electrons. The predicted octanol–water partition coefficient (Wildman–Crippen LogP) is 2.68. The van der Waals surface area contributed by atoms with E-state index < -0.39 is 5.54 Å². The highest BCUT2D eigenvalue weighted by Gasteiger charge is 2.43. The summed E-state index contributed by atoms with van der Waals surface area (Å²) in [6.07, 6.45) is 2.55. The Morgan fingerprint density at radius 3 is 2.50 bits per heavy atom. The van der Waals surface area contributed by atoms with Crippen molar-refractivity contribution in [3.63, 3.8) is 0 Å². The number of nitrogens with zero attached hydrogens (tertiary/aromatic N) is 1. The summed E-state index contributed by atoms with van der Waals surface area (Å²) < 4.78 is 0. The van der Waals surface area contributed by atoms with Gasteiger partial charge in [0.25, 0.3) is 0 Å². The van der Waals surface area contributed by atoms with Gasteiger partial charge in [0.2, 0.25) is 0 Å². The first kappa shape index (κ1) is 13.7. The zero-order valence-electron chi connectivity index (χ0n) is 11.6. The molecule has 2 N–H and O–H groups in total. The van der Waals surface area contributed by atoms with Crippen LogP contribution in [0.15, 0.2) is 5.38 Å². The van der Waals surface area contributed by atoms with Crippen molar-refractivity contribution in [2.45, 2.75) is 57.9 Å². The number of thiazole rings is 1. The number of nitrogens with two attached hydrogens (primary N) is 1. The normalized spacial score (nSPS) is 19.6. The highest BCUT2D eigenvalue weighted by Crippen LogP contribution is 2.39. The van der Waals surface area contributed by atoms with Gasteiger partial charge in [0.1, 0.15) is 5.01 Å². The molecule has 1 unspecified atom stereocenters. The van der Waals surface area contributed by atoms with Crippen LogP contribution in [0.5, 0.6) is 0 Å². The van der Waals surface area contributed by atoms with E-state index in [-0.39, 0.29) is 11.2 Å². The van der Waals surface area contributed by atoms with Crippen LogP contribution in [-0.4, -0.2) is 16.3 Å². The third-order valence-corrected chi connectivity index (χ3v) is 4.51. The summed E-state index contributed by atoms with van der Waals surface area (Å²) in [5.74, 6) is 0.506. The van der Waals surface area contributed by atoms with Crippen LogP contribution in [0.1, 0.15) is 51.2 Å². The molecule has 2 rings (SSSR count). The summed E-state index contributed by atoms with van der Waals surface area (Å²) in [4.78, 5) is 16.8. The largest absolute Gasteiger partial charge is 0.319 e. The molecule has 0 amide bonds. The summed E-state index contributed by atoms with van der Waals surface area (Å²) >= 11 is 1.57. The van der Waals surface area contributed by atoms with Crippen molar-refractivity contribution >= 4 is 17.1 Å². The molecule has 1 aromatic heterocycles. The van der Waals surface area contributed by atoms with E-state index in [4.69, 9.17) is 5.73 Å². The topological polar surface area (TPSA) is 56.0 Å². The maximum Gasteiger partial charge on any atom is 0.159 e. The zero-order chi connectivity index (χ0) is 13.6. The third kappa shape index (κ3) is 2.81. The molecule has 4 heteroatoms. The van der Waals surface area contributed by atoms with Gasteiger partial charge in [-0.15, -0.1) is 11.3 Å². The minimum atomic E-state index is -0.659. The Balaban J connectivity index is 2.05. The molecule has 1 saturated carbocycles. The van der Waals surface area contributed by atoms with E-state index in [1.807, 2.05) is 12.3 Å². The molecule has 1 fully saturated rings. The first-order chi connectivity index (χ1) is 8.21. The van der Waals surface area contributed by atoms with Crippen LogP contribution >= 0.6 is 11.3 Å². The van der Waals surface area contributed by atoms with E-state index in [2.05, 4.69) is 25.8 Å². The average Bonchev–Trinajstić information content (AvgIpc) is 2.98. The van der Waals surface area contributed by atoms with Crippen LogP contribution in [0, 0.1) is 5.92 Å². The van der Waals surface area contributed by atoms with Crippen molar-refractivity contribution < 1.29 is 4.79 Å². The van der Waals surface area contributed by atoms with Gasteiger partial charge >= 0.3 is 0 Å². The molecule has 1 aromatic rings. The van der Waals surface area contributed by atoms with E-state index in [0.717, 1.165) is 23.5 Å². The maximum absolute atomic E-state index is 12.2. The molecule has 0 saturated heterocycles. The summed E-state index contributed by atoms with van der Waals surface area (Å²) in [6, 6.07) is 0. The Morgan fingerprint density at radius 1 is 1.44 bits per heavy atom. The van der Waals surface area contributed by atoms with E-state index >= 15 is 0 Å². The first-order valence-corrected chi connectivity index (χ1v) is 7.36. The molecular weight excluding hydrogens is 244 g/mol. The second kappa shape index (κ2) is 4.42. The highest BCUT2D eigenvalue weighted by atomic mass is 32.1. The van der Waals surface area contributed by atoms with Gasteiger partial charge in [-0.3, -0.25) is 4.79 Å². The first-order valence-electron chi connectivity index (χ1n) is 6.48. The lowest BCUT2D eigenvalue weighted by Crippen LogP contribution is -2.47. The van der Waals surface area contributed by atoms with E-state index in [0.29, 0.717) is 12.3 Å². The molecular formula is C14H22N2OS. The van der Waals surface area contributed by atoms with Crippen LogP contribution in [0.2, 0.25) is 0 Å². The number of aromatic nitrogens is 1. The highest BCUT2D eigenvalue weighted by molar-refractivity contribution is 7.09. The summed E-state index contributed by atoms with van der Waals surface area (Å²) in [7, 11) is 0. The summed E-state index contributed by atoms with van der Waals surface area (Å²) in [5.41, 5.74) is 6.57.